The Hall–Kier alpha value is -3.39. The van der Waals surface area contributed by atoms with Crippen molar-refractivity contribution in [2.24, 2.45) is 5.92 Å². The number of likely N-dealkylation sites (tertiary alicyclic amines) is 2. The highest BCUT2D eigenvalue weighted by atomic mass is 19.3. The molecule has 0 atom stereocenters. The van der Waals surface area contributed by atoms with Gasteiger partial charge in [0.15, 0.2) is 0 Å². The van der Waals surface area contributed by atoms with Crippen LogP contribution in [0.2, 0.25) is 0 Å². The zero-order valence-corrected chi connectivity index (χ0v) is 21.0. The first-order valence-electron chi connectivity index (χ1n) is 13.2. The Morgan fingerprint density at radius 1 is 1.16 bits per heavy atom. The maximum absolute atomic E-state index is 14.7. The van der Waals surface area contributed by atoms with Crippen LogP contribution in [0.15, 0.2) is 30.9 Å². The van der Waals surface area contributed by atoms with Crippen LogP contribution in [-0.4, -0.2) is 73.6 Å². The van der Waals surface area contributed by atoms with Gasteiger partial charge in [-0.05, 0) is 31.7 Å². The van der Waals surface area contributed by atoms with Crippen LogP contribution < -0.4 is 0 Å². The molecule has 1 amide bonds. The molecule has 11 heteroatoms. The number of piperidine rings is 1. The molecule has 2 aliphatic heterocycles. The van der Waals surface area contributed by atoms with Crippen molar-refractivity contribution >= 4 is 16.9 Å². The third-order valence-electron chi connectivity index (χ3n) is 8.66. The second kappa shape index (κ2) is 9.42. The molecule has 200 valence electrons. The predicted molar refractivity (Wildman–Crippen MR) is 134 cm³/mol. The molecule has 1 N–H and O–H groups in total. The van der Waals surface area contributed by atoms with Gasteiger partial charge in [0.05, 0.1) is 24.9 Å². The first-order chi connectivity index (χ1) is 18.3. The molecular weight excluding hydrogens is 495 g/mol. The fourth-order valence-electron chi connectivity index (χ4n) is 6.44. The second-order valence-corrected chi connectivity index (χ2v) is 11.0. The van der Waals surface area contributed by atoms with Crippen molar-refractivity contribution in [1.29, 1.82) is 5.26 Å². The Balaban J connectivity index is 1.10. The number of amides is 1. The van der Waals surface area contributed by atoms with Crippen molar-refractivity contribution in [2.45, 2.75) is 62.4 Å². The van der Waals surface area contributed by atoms with Crippen molar-refractivity contribution in [3.05, 3.63) is 36.7 Å². The van der Waals surface area contributed by atoms with Crippen LogP contribution in [0.25, 0.3) is 22.2 Å². The number of alkyl halides is 2. The summed E-state index contributed by atoms with van der Waals surface area (Å²) in [6.45, 7) is 2.54. The quantitative estimate of drug-likeness (QED) is 0.536. The van der Waals surface area contributed by atoms with Crippen LogP contribution >= 0.6 is 0 Å². The van der Waals surface area contributed by atoms with Crippen molar-refractivity contribution in [3.8, 4) is 17.2 Å². The molecule has 38 heavy (non-hydrogen) atoms. The molecule has 0 radical (unpaired) electrons. The van der Waals surface area contributed by atoms with Crippen molar-refractivity contribution in [2.75, 3.05) is 26.2 Å². The molecule has 0 aromatic carbocycles. The summed E-state index contributed by atoms with van der Waals surface area (Å²) in [5.74, 6) is -3.33. The van der Waals surface area contributed by atoms with E-state index in [0.29, 0.717) is 48.3 Å². The largest absolute Gasteiger partial charge is 0.346 e. The topological polar surface area (TPSA) is 93.8 Å². The SMILES string of the molecule is N#CCC1(n2cc(-c3c(F)cnc4[nH]ccc34)cn2)CN(C2CCN(C(=O)C3CCC(F)(F)CC3)CC2)C1. The molecular formula is C27H30F3N7O. The summed E-state index contributed by atoms with van der Waals surface area (Å²) in [5.41, 5.74) is 1.18. The lowest BCUT2D eigenvalue weighted by atomic mass is 9.83. The van der Waals surface area contributed by atoms with Gasteiger partial charge in [-0.25, -0.2) is 18.2 Å². The zero-order valence-electron chi connectivity index (χ0n) is 21.0. The lowest BCUT2D eigenvalue weighted by Crippen LogP contribution is -2.66. The summed E-state index contributed by atoms with van der Waals surface area (Å²) in [4.78, 5) is 24.2. The van der Waals surface area contributed by atoms with E-state index in [4.69, 9.17) is 0 Å². The summed E-state index contributed by atoms with van der Waals surface area (Å²) in [6.07, 6.45) is 8.41. The summed E-state index contributed by atoms with van der Waals surface area (Å²) in [5, 5.41) is 14.8. The number of rotatable bonds is 5. The molecule has 2 saturated heterocycles. The average molecular weight is 526 g/mol. The standard InChI is InChI=1S/C27H30F3N7O/c28-22-14-33-24-21(3-10-32-24)23(22)19-13-34-37(15-19)26(8-9-31)16-36(17-26)20-4-11-35(12-5-20)25(38)18-1-6-27(29,30)7-2-18/h3,10,13-15,18,20H,1-2,4-8,11-12,16-17H2,(H,32,33). The van der Waals surface area contributed by atoms with E-state index >= 15 is 0 Å². The van der Waals surface area contributed by atoms with E-state index in [2.05, 4.69) is 26.0 Å². The molecule has 3 aromatic rings. The van der Waals surface area contributed by atoms with Gasteiger partial charge in [0.2, 0.25) is 11.8 Å². The first kappa shape index (κ1) is 24.9. The van der Waals surface area contributed by atoms with Gasteiger partial charge < -0.3 is 9.88 Å². The van der Waals surface area contributed by atoms with Gasteiger partial charge in [0.25, 0.3) is 0 Å². The summed E-state index contributed by atoms with van der Waals surface area (Å²) in [7, 11) is 0. The van der Waals surface area contributed by atoms with E-state index in [1.54, 1.807) is 23.1 Å². The Bertz CT molecular complexity index is 1370. The van der Waals surface area contributed by atoms with E-state index in [-0.39, 0.29) is 50.0 Å². The number of carbonyl (C=O) groups is 1. The number of H-pyrrole nitrogens is 1. The van der Waals surface area contributed by atoms with Gasteiger partial charge in [-0.2, -0.15) is 10.4 Å². The highest BCUT2D eigenvalue weighted by Crippen LogP contribution is 2.39. The Morgan fingerprint density at radius 3 is 2.61 bits per heavy atom. The fraction of sp³-hybridized carbons (Fsp3) is 0.556. The maximum Gasteiger partial charge on any atom is 0.248 e. The second-order valence-electron chi connectivity index (χ2n) is 11.0. The van der Waals surface area contributed by atoms with Gasteiger partial charge in [-0.1, -0.05) is 0 Å². The van der Waals surface area contributed by atoms with Crippen LogP contribution in [-0.2, 0) is 10.3 Å². The minimum absolute atomic E-state index is 0.0188. The number of carbonyl (C=O) groups excluding carboxylic acids is 1. The average Bonchev–Trinajstić information content (AvgIpc) is 3.56. The number of nitrogens with one attached hydrogen (secondary N) is 1. The van der Waals surface area contributed by atoms with E-state index in [1.807, 2.05) is 11.1 Å². The number of hydrogen-bond donors (Lipinski definition) is 1. The van der Waals surface area contributed by atoms with Gasteiger partial charge in [-0.3, -0.25) is 14.4 Å². The number of nitriles is 1. The van der Waals surface area contributed by atoms with Gasteiger partial charge in [0, 0.05) is 79.9 Å². The highest BCUT2D eigenvalue weighted by Gasteiger charge is 2.48. The number of halogens is 3. The van der Waals surface area contributed by atoms with Crippen LogP contribution in [0.4, 0.5) is 13.2 Å². The molecule has 8 nitrogen and oxygen atoms in total. The summed E-state index contributed by atoms with van der Waals surface area (Å²) in [6, 6.07) is 4.37. The number of nitrogens with zero attached hydrogens (tertiary/aromatic N) is 6. The van der Waals surface area contributed by atoms with E-state index in [9.17, 15) is 23.2 Å². The van der Waals surface area contributed by atoms with Crippen molar-refractivity contribution in [3.63, 3.8) is 0 Å². The minimum Gasteiger partial charge on any atom is -0.346 e. The normalized spacial score (nSPS) is 22.3. The highest BCUT2D eigenvalue weighted by molar-refractivity contribution is 5.92. The van der Waals surface area contributed by atoms with E-state index in [0.717, 1.165) is 12.8 Å². The molecule has 3 aliphatic rings. The minimum atomic E-state index is -2.63. The van der Waals surface area contributed by atoms with Crippen LogP contribution in [0.5, 0.6) is 0 Å². The number of aromatic amines is 1. The monoisotopic (exact) mass is 525 g/mol. The van der Waals surface area contributed by atoms with Gasteiger partial charge >= 0.3 is 0 Å². The van der Waals surface area contributed by atoms with E-state index < -0.39 is 17.3 Å². The number of aromatic nitrogens is 4. The van der Waals surface area contributed by atoms with Crippen LogP contribution in [0.1, 0.15) is 44.9 Å². The maximum atomic E-state index is 14.7. The summed E-state index contributed by atoms with van der Waals surface area (Å²) >= 11 is 0. The molecule has 1 saturated carbocycles. The van der Waals surface area contributed by atoms with Crippen molar-refractivity contribution < 1.29 is 18.0 Å². The Morgan fingerprint density at radius 2 is 1.89 bits per heavy atom. The molecule has 3 aromatic heterocycles. The third kappa shape index (κ3) is 4.34. The van der Waals surface area contributed by atoms with Crippen LogP contribution in [0, 0.1) is 23.1 Å². The number of pyridine rings is 1. The lowest BCUT2D eigenvalue weighted by molar-refractivity contribution is -0.142. The number of hydrogen-bond acceptors (Lipinski definition) is 5. The van der Waals surface area contributed by atoms with Gasteiger partial charge in [-0.15, -0.1) is 0 Å². The molecule has 5 heterocycles. The molecule has 0 unspecified atom stereocenters. The smallest absolute Gasteiger partial charge is 0.248 e. The summed E-state index contributed by atoms with van der Waals surface area (Å²) < 4.78 is 43.5. The van der Waals surface area contributed by atoms with Crippen molar-refractivity contribution in [1.82, 2.24) is 29.5 Å². The first-order valence-corrected chi connectivity index (χ1v) is 13.2. The zero-order chi connectivity index (χ0) is 26.5. The Labute approximate surface area is 218 Å². The Kier molecular flexibility index (Phi) is 6.17. The van der Waals surface area contributed by atoms with Gasteiger partial charge in [0.1, 0.15) is 17.0 Å². The molecule has 6 rings (SSSR count). The predicted octanol–water partition coefficient (Wildman–Crippen LogP) is 4.31. The number of fused-ring (bicyclic) bond motifs is 1. The third-order valence-corrected chi connectivity index (χ3v) is 8.66. The lowest BCUT2D eigenvalue weighted by Gasteiger charge is -2.53. The molecule has 0 spiro atoms. The molecule has 0 bridgehead atoms. The van der Waals surface area contributed by atoms with E-state index in [1.165, 1.54) is 6.20 Å². The molecule has 1 aliphatic carbocycles. The fourth-order valence-corrected chi connectivity index (χ4v) is 6.44. The molecule has 3 fully saturated rings. The van der Waals surface area contributed by atoms with Crippen LogP contribution in [0.3, 0.4) is 0 Å².